The second kappa shape index (κ2) is 12.1. The summed E-state index contributed by atoms with van der Waals surface area (Å²) in [6, 6.07) is 17.7. The zero-order valence-corrected chi connectivity index (χ0v) is 20.5. The quantitative estimate of drug-likeness (QED) is 0.222. The number of epoxide rings is 2. The Labute approximate surface area is 204 Å². The van der Waals surface area contributed by atoms with Crippen LogP contribution in [0, 0.1) is 0 Å². The van der Waals surface area contributed by atoms with E-state index in [1.165, 1.54) is 62.5 Å². The van der Waals surface area contributed by atoms with Crippen LogP contribution in [0.4, 0.5) is 0 Å². The van der Waals surface area contributed by atoms with Crippen molar-refractivity contribution in [1.29, 1.82) is 0 Å². The number of hydrogen-bond acceptors (Lipinski definition) is 4. The molecule has 5 rings (SSSR count). The minimum absolute atomic E-state index is 0.537. The highest BCUT2D eigenvalue weighted by atomic mass is 16.6. The summed E-state index contributed by atoms with van der Waals surface area (Å²) in [6.07, 6.45) is 13.1. The Morgan fingerprint density at radius 1 is 0.559 bits per heavy atom. The fourth-order valence-electron chi connectivity index (χ4n) is 5.23. The average molecular weight is 465 g/mol. The third kappa shape index (κ3) is 7.48. The summed E-state index contributed by atoms with van der Waals surface area (Å²) in [5, 5.41) is 0. The van der Waals surface area contributed by atoms with Crippen LogP contribution in [0.1, 0.15) is 87.2 Å². The molecule has 1 saturated carbocycles. The van der Waals surface area contributed by atoms with Crippen LogP contribution < -0.4 is 9.47 Å². The summed E-state index contributed by atoms with van der Waals surface area (Å²) < 4.78 is 22.4. The lowest BCUT2D eigenvalue weighted by Gasteiger charge is -2.29. The summed E-state index contributed by atoms with van der Waals surface area (Å²) in [6.45, 7) is 3.53. The molecule has 0 radical (unpaired) electrons. The van der Waals surface area contributed by atoms with Crippen LogP contribution in [0.15, 0.2) is 48.5 Å². The first kappa shape index (κ1) is 23.7. The van der Waals surface area contributed by atoms with Gasteiger partial charge in [-0.05, 0) is 111 Å². The van der Waals surface area contributed by atoms with Gasteiger partial charge in [0.1, 0.15) is 11.5 Å². The Hall–Kier alpha value is -2.04. The molecule has 0 aromatic heterocycles. The Kier molecular flexibility index (Phi) is 8.42. The third-order valence-corrected chi connectivity index (χ3v) is 7.61. The number of unbranched alkanes of at least 4 members (excludes halogenated alkanes) is 2. The van der Waals surface area contributed by atoms with Gasteiger partial charge in [0.2, 0.25) is 0 Å². The van der Waals surface area contributed by atoms with Crippen LogP contribution in [-0.2, 0) is 9.47 Å². The van der Waals surface area contributed by atoms with Crippen LogP contribution in [0.2, 0.25) is 0 Å². The highest BCUT2D eigenvalue weighted by Gasteiger charge is 2.24. The van der Waals surface area contributed by atoms with Gasteiger partial charge in [0.05, 0.1) is 38.6 Å². The van der Waals surface area contributed by atoms with Gasteiger partial charge < -0.3 is 18.9 Å². The predicted octanol–water partition coefficient (Wildman–Crippen LogP) is 7.02. The van der Waals surface area contributed by atoms with E-state index in [2.05, 4.69) is 48.5 Å². The van der Waals surface area contributed by atoms with Crippen molar-refractivity contribution in [3.05, 3.63) is 59.7 Å². The highest BCUT2D eigenvalue weighted by molar-refractivity contribution is 5.32. The van der Waals surface area contributed by atoms with E-state index in [4.69, 9.17) is 18.9 Å². The highest BCUT2D eigenvalue weighted by Crippen LogP contribution is 2.41. The van der Waals surface area contributed by atoms with Crippen molar-refractivity contribution in [2.75, 3.05) is 26.4 Å². The minimum atomic E-state index is 0.537. The Bertz CT molecular complexity index is 773. The van der Waals surface area contributed by atoms with Crippen LogP contribution in [0.5, 0.6) is 11.5 Å². The summed E-state index contributed by atoms with van der Waals surface area (Å²) >= 11 is 0. The molecule has 3 aliphatic rings. The molecule has 34 heavy (non-hydrogen) atoms. The Morgan fingerprint density at radius 3 is 1.29 bits per heavy atom. The lowest BCUT2D eigenvalue weighted by molar-refractivity contribution is 0.299. The maximum absolute atomic E-state index is 5.93. The lowest BCUT2D eigenvalue weighted by atomic mass is 9.76. The van der Waals surface area contributed by atoms with Crippen molar-refractivity contribution >= 4 is 0 Å². The van der Waals surface area contributed by atoms with Crippen LogP contribution in [-0.4, -0.2) is 38.6 Å². The first-order chi connectivity index (χ1) is 16.8. The lowest BCUT2D eigenvalue weighted by Crippen LogP contribution is -2.12. The molecule has 4 nitrogen and oxygen atoms in total. The summed E-state index contributed by atoms with van der Waals surface area (Å²) in [7, 11) is 0. The first-order valence-electron chi connectivity index (χ1n) is 13.5. The van der Waals surface area contributed by atoms with Gasteiger partial charge in [-0.15, -0.1) is 0 Å². The molecule has 0 amide bonds. The molecule has 0 bridgehead atoms. The van der Waals surface area contributed by atoms with E-state index in [0.717, 1.165) is 50.8 Å². The first-order valence-corrected chi connectivity index (χ1v) is 13.5. The van der Waals surface area contributed by atoms with Crippen molar-refractivity contribution in [2.45, 2.75) is 88.3 Å². The van der Waals surface area contributed by atoms with Crippen molar-refractivity contribution in [3.63, 3.8) is 0 Å². The number of ether oxygens (including phenoxy) is 4. The van der Waals surface area contributed by atoms with Gasteiger partial charge in [0, 0.05) is 0 Å². The monoisotopic (exact) mass is 464 g/mol. The van der Waals surface area contributed by atoms with Crippen molar-refractivity contribution in [2.24, 2.45) is 0 Å². The molecule has 4 heteroatoms. The topological polar surface area (TPSA) is 43.5 Å². The molecule has 0 N–H and O–H groups in total. The van der Waals surface area contributed by atoms with Gasteiger partial charge in [0.15, 0.2) is 0 Å². The molecule has 1 aliphatic carbocycles. The summed E-state index contributed by atoms with van der Waals surface area (Å²) in [5.74, 6) is 3.35. The maximum Gasteiger partial charge on any atom is 0.119 e. The van der Waals surface area contributed by atoms with E-state index in [9.17, 15) is 0 Å². The van der Waals surface area contributed by atoms with Crippen LogP contribution in [0.3, 0.4) is 0 Å². The molecule has 2 atom stereocenters. The van der Waals surface area contributed by atoms with E-state index in [1.807, 2.05) is 0 Å². The van der Waals surface area contributed by atoms with Gasteiger partial charge in [-0.1, -0.05) is 24.3 Å². The van der Waals surface area contributed by atoms with Gasteiger partial charge in [-0.25, -0.2) is 0 Å². The fourth-order valence-corrected chi connectivity index (χ4v) is 5.23. The zero-order valence-electron chi connectivity index (χ0n) is 20.5. The van der Waals surface area contributed by atoms with Crippen LogP contribution in [0.25, 0.3) is 0 Å². The maximum atomic E-state index is 5.93. The van der Waals surface area contributed by atoms with Gasteiger partial charge in [0.25, 0.3) is 0 Å². The van der Waals surface area contributed by atoms with Gasteiger partial charge in [-0.2, -0.15) is 0 Å². The summed E-state index contributed by atoms with van der Waals surface area (Å²) in [4.78, 5) is 0. The molecular formula is C30H40O4. The number of hydrogen-bond donors (Lipinski definition) is 0. The van der Waals surface area contributed by atoms with E-state index >= 15 is 0 Å². The molecule has 0 spiro atoms. The normalized spacial score (nSPS) is 25.6. The average Bonchev–Trinajstić information content (AvgIpc) is 3.81. The third-order valence-electron chi connectivity index (χ3n) is 7.61. The number of benzene rings is 2. The zero-order chi connectivity index (χ0) is 23.0. The van der Waals surface area contributed by atoms with E-state index < -0.39 is 0 Å². The summed E-state index contributed by atoms with van der Waals surface area (Å²) in [5.41, 5.74) is 2.93. The van der Waals surface area contributed by atoms with E-state index in [0.29, 0.717) is 24.0 Å². The second-order valence-electron chi connectivity index (χ2n) is 10.3. The molecule has 2 heterocycles. The van der Waals surface area contributed by atoms with Gasteiger partial charge in [-0.3, -0.25) is 0 Å². The molecule has 2 aromatic rings. The molecule has 3 fully saturated rings. The van der Waals surface area contributed by atoms with Gasteiger partial charge >= 0.3 is 0 Å². The largest absolute Gasteiger partial charge is 0.494 e. The molecule has 2 saturated heterocycles. The predicted molar refractivity (Wildman–Crippen MR) is 135 cm³/mol. The van der Waals surface area contributed by atoms with Crippen molar-refractivity contribution in [1.82, 2.24) is 0 Å². The van der Waals surface area contributed by atoms with Crippen molar-refractivity contribution in [3.8, 4) is 11.5 Å². The fraction of sp³-hybridized carbons (Fsp3) is 0.600. The van der Waals surface area contributed by atoms with E-state index in [1.54, 1.807) is 0 Å². The Balaban J connectivity index is 0.993. The molecule has 2 unspecified atom stereocenters. The van der Waals surface area contributed by atoms with E-state index in [-0.39, 0.29) is 0 Å². The minimum Gasteiger partial charge on any atom is -0.494 e. The SMILES string of the molecule is c1cc(C2CCC(c3ccc(OCCCCC4CO4)cc3)CC2)ccc1OCCCCC1CO1. The van der Waals surface area contributed by atoms with Crippen LogP contribution >= 0.6 is 0 Å². The Morgan fingerprint density at radius 2 is 0.941 bits per heavy atom. The standard InChI is InChI=1S/C30H40O4/c1(5-29-21-33-29)3-19-31-27-15-11-25(12-16-27)23-7-9-24(10-8-23)26-13-17-28(18-14-26)32-20-4-2-6-30-22-34-30/h11-18,23-24,29-30H,1-10,19-22H2. The molecule has 2 aliphatic heterocycles. The molecule has 184 valence electrons. The second-order valence-corrected chi connectivity index (χ2v) is 10.3. The van der Waals surface area contributed by atoms with Crippen molar-refractivity contribution < 1.29 is 18.9 Å². The number of rotatable bonds is 14. The molecule has 2 aromatic carbocycles. The smallest absolute Gasteiger partial charge is 0.119 e. The molecular weight excluding hydrogens is 424 g/mol.